The maximum atomic E-state index is 12.4. The van der Waals surface area contributed by atoms with Crippen molar-refractivity contribution in [3.05, 3.63) is 53.6 Å². The first-order chi connectivity index (χ1) is 13.1. The van der Waals surface area contributed by atoms with Gasteiger partial charge in [0.2, 0.25) is 0 Å². The first-order valence-electron chi connectivity index (χ1n) is 7.95. The van der Waals surface area contributed by atoms with Crippen molar-refractivity contribution in [1.29, 1.82) is 0 Å². The summed E-state index contributed by atoms with van der Waals surface area (Å²) in [6.07, 6.45) is 0.955. The lowest BCUT2D eigenvalue weighted by atomic mass is 10.2. The summed E-state index contributed by atoms with van der Waals surface area (Å²) in [6.45, 7) is 1.77. The molecule has 1 unspecified atom stereocenters. The number of nitrogens with zero attached hydrogens (tertiary/aromatic N) is 1. The third-order valence-electron chi connectivity index (χ3n) is 4.15. The summed E-state index contributed by atoms with van der Waals surface area (Å²) in [4.78, 5) is 11.5. The van der Waals surface area contributed by atoms with Crippen LogP contribution >= 0.6 is 11.3 Å². The van der Waals surface area contributed by atoms with Gasteiger partial charge in [0, 0.05) is 11.0 Å². The number of benzene rings is 2. The zero-order chi connectivity index (χ0) is 20.6. The SMILES string of the molecule is COC(=O)c1ccc(N(c2sc3ccccc3c2C)S(=O)[O-])c(S(C)(=O)=O)c1. The first kappa shape index (κ1) is 20.5. The summed E-state index contributed by atoms with van der Waals surface area (Å²) < 4.78 is 55.4. The van der Waals surface area contributed by atoms with Crippen LogP contribution in [0.25, 0.3) is 10.1 Å². The quantitative estimate of drug-likeness (QED) is 0.447. The molecule has 0 fully saturated rings. The average molecular weight is 439 g/mol. The molecule has 0 saturated heterocycles. The van der Waals surface area contributed by atoms with Gasteiger partial charge in [0.25, 0.3) is 0 Å². The third-order valence-corrected chi connectivity index (χ3v) is 7.33. The average Bonchev–Trinajstić information content (AvgIpc) is 2.97. The van der Waals surface area contributed by atoms with Crippen LogP contribution in [0.5, 0.6) is 0 Å². The van der Waals surface area contributed by atoms with Crippen molar-refractivity contribution in [3.8, 4) is 0 Å². The van der Waals surface area contributed by atoms with E-state index in [-0.39, 0.29) is 16.1 Å². The Hall–Kier alpha value is -2.27. The molecule has 0 bridgehead atoms. The molecule has 0 N–H and O–H groups in total. The number of ether oxygens (including phenoxy) is 1. The standard InChI is InChI=1S/C18H17NO6S3/c1-11-13-6-4-5-7-15(13)26-17(11)19(27(21)22)14-9-8-12(18(20)25-2)10-16(14)28(3,23)24/h4-10H,1-3H3,(H,21,22)/p-1. The van der Waals surface area contributed by atoms with Gasteiger partial charge in [0.05, 0.1) is 34.5 Å². The van der Waals surface area contributed by atoms with Crippen molar-refractivity contribution < 1.29 is 26.7 Å². The molecule has 1 atom stereocenters. The molecule has 1 aromatic heterocycles. The number of anilines is 2. The zero-order valence-corrected chi connectivity index (χ0v) is 17.6. The fourth-order valence-electron chi connectivity index (χ4n) is 2.84. The summed E-state index contributed by atoms with van der Waals surface area (Å²) in [7, 11) is -2.67. The van der Waals surface area contributed by atoms with Gasteiger partial charge < -0.3 is 9.29 Å². The highest BCUT2D eigenvalue weighted by Crippen LogP contribution is 2.43. The Labute approximate surface area is 168 Å². The van der Waals surface area contributed by atoms with Crippen LogP contribution in [0.15, 0.2) is 47.4 Å². The first-order valence-corrected chi connectivity index (χ1v) is 11.7. The molecular weight excluding hydrogens is 422 g/mol. The van der Waals surface area contributed by atoms with Crippen LogP contribution in [-0.2, 0) is 25.8 Å². The molecule has 1 heterocycles. The van der Waals surface area contributed by atoms with Crippen molar-refractivity contribution in [2.75, 3.05) is 17.7 Å². The number of esters is 1. The number of sulfone groups is 1. The third kappa shape index (κ3) is 3.68. The number of thiophene rings is 1. The Morgan fingerprint density at radius 1 is 1.21 bits per heavy atom. The number of hydrogen-bond acceptors (Lipinski definition) is 7. The van der Waals surface area contributed by atoms with Gasteiger partial charge in [-0.3, -0.25) is 8.51 Å². The maximum Gasteiger partial charge on any atom is 0.337 e. The van der Waals surface area contributed by atoms with E-state index in [2.05, 4.69) is 4.74 Å². The van der Waals surface area contributed by atoms with Crippen LogP contribution in [0.3, 0.4) is 0 Å². The normalized spacial score (nSPS) is 12.7. The molecule has 0 aliphatic rings. The van der Waals surface area contributed by atoms with Gasteiger partial charge in [-0.15, -0.1) is 11.3 Å². The van der Waals surface area contributed by atoms with E-state index in [1.165, 1.54) is 30.6 Å². The number of carbonyl (C=O) groups excluding carboxylic acids is 1. The second-order valence-corrected chi connectivity index (χ2v) is 9.80. The molecule has 0 saturated carbocycles. The van der Waals surface area contributed by atoms with Crippen LogP contribution in [0, 0.1) is 6.92 Å². The Bertz CT molecular complexity index is 1200. The second kappa shape index (κ2) is 7.63. The van der Waals surface area contributed by atoms with Gasteiger partial charge in [-0.05, 0) is 42.1 Å². The van der Waals surface area contributed by atoms with Crippen LogP contribution in [-0.4, -0.2) is 36.5 Å². The largest absolute Gasteiger partial charge is 0.755 e. The van der Waals surface area contributed by atoms with E-state index in [9.17, 15) is 22.0 Å². The van der Waals surface area contributed by atoms with E-state index in [0.29, 0.717) is 10.6 Å². The van der Waals surface area contributed by atoms with E-state index in [0.717, 1.165) is 26.7 Å². The Kier molecular flexibility index (Phi) is 5.57. The molecule has 3 aromatic rings. The minimum Gasteiger partial charge on any atom is -0.755 e. The minimum absolute atomic E-state index is 0.0105. The van der Waals surface area contributed by atoms with E-state index in [1.54, 1.807) is 6.92 Å². The minimum atomic E-state index is -3.85. The van der Waals surface area contributed by atoms with Gasteiger partial charge >= 0.3 is 5.97 Å². The topological polar surface area (TPSA) is 104 Å². The van der Waals surface area contributed by atoms with Gasteiger partial charge in [-0.1, -0.05) is 18.2 Å². The summed E-state index contributed by atoms with van der Waals surface area (Å²) >= 11 is -1.56. The van der Waals surface area contributed by atoms with Crippen molar-refractivity contribution in [2.24, 2.45) is 0 Å². The Morgan fingerprint density at radius 3 is 2.46 bits per heavy atom. The highest BCUT2D eigenvalue weighted by molar-refractivity contribution is 7.91. The van der Waals surface area contributed by atoms with E-state index in [4.69, 9.17) is 0 Å². The second-order valence-electron chi connectivity index (χ2n) is 5.99. The van der Waals surface area contributed by atoms with Gasteiger partial charge in [0.15, 0.2) is 9.84 Å². The molecule has 3 rings (SSSR count). The lowest BCUT2D eigenvalue weighted by Gasteiger charge is -2.27. The zero-order valence-electron chi connectivity index (χ0n) is 15.2. The van der Waals surface area contributed by atoms with Crippen LogP contribution in [0.2, 0.25) is 0 Å². The Balaban J connectivity index is 2.29. The molecule has 2 aromatic carbocycles. The lowest BCUT2D eigenvalue weighted by molar-refractivity contribution is 0.0600. The van der Waals surface area contributed by atoms with Crippen molar-refractivity contribution in [2.45, 2.75) is 11.8 Å². The van der Waals surface area contributed by atoms with E-state index >= 15 is 0 Å². The van der Waals surface area contributed by atoms with Crippen LogP contribution in [0.1, 0.15) is 15.9 Å². The van der Waals surface area contributed by atoms with Crippen molar-refractivity contribution in [3.63, 3.8) is 0 Å². The lowest BCUT2D eigenvalue weighted by Crippen LogP contribution is -2.22. The molecule has 0 aliphatic heterocycles. The molecule has 0 radical (unpaired) electrons. The molecule has 0 amide bonds. The Morgan fingerprint density at radius 2 is 1.89 bits per heavy atom. The number of hydrogen-bond donors (Lipinski definition) is 0. The molecule has 0 aliphatic carbocycles. The predicted octanol–water partition coefficient (Wildman–Crippen LogP) is 3.33. The monoisotopic (exact) mass is 438 g/mol. The van der Waals surface area contributed by atoms with Gasteiger partial charge in [-0.25, -0.2) is 13.2 Å². The molecule has 0 spiro atoms. The smallest absolute Gasteiger partial charge is 0.337 e. The highest BCUT2D eigenvalue weighted by atomic mass is 32.2. The van der Waals surface area contributed by atoms with Gasteiger partial charge in [0.1, 0.15) is 5.00 Å². The number of aryl methyl sites for hydroxylation is 1. The van der Waals surface area contributed by atoms with Crippen LogP contribution < -0.4 is 4.31 Å². The summed E-state index contributed by atoms with van der Waals surface area (Å²) in [5.41, 5.74) is 0.663. The summed E-state index contributed by atoms with van der Waals surface area (Å²) in [6, 6.07) is 11.2. The fraction of sp³-hybridized carbons (Fsp3) is 0.167. The molecule has 7 nitrogen and oxygen atoms in total. The van der Waals surface area contributed by atoms with E-state index in [1.807, 2.05) is 24.3 Å². The van der Waals surface area contributed by atoms with E-state index < -0.39 is 27.1 Å². The molecule has 10 heteroatoms. The predicted molar refractivity (Wildman–Crippen MR) is 109 cm³/mol. The number of carbonyl (C=O) groups is 1. The number of rotatable bonds is 5. The number of methoxy groups -OCH3 is 1. The van der Waals surface area contributed by atoms with Crippen molar-refractivity contribution in [1.82, 2.24) is 0 Å². The van der Waals surface area contributed by atoms with Crippen LogP contribution in [0.4, 0.5) is 10.7 Å². The maximum absolute atomic E-state index is 12.4. The molecule has 148 valence electrons. The highest BCUT2D eigenvalue weighted by Gasteiger charge is 2.25. The number of fused-ring (bicyclic) bond motifs is 1. The van der Waals surface area contributed by atoms with Gasteiger partial charge in [-0.2, -0.15) is 0 Å². The fourth-order valence-corrected chi connectivity index (χ4v) is 5.79. The van der Waals surface area contributed by atoms with Crippen molar-refractivity contribution >= 4 is 59.2 Å². The summed E-state index contributed by atoms with van der Waals surface area (Å²) in [5.74, 6) is -0.718. The summed E-state index contributed by atoms with van der Waals surface area (Å²) in [5, 5.41) is 1.26. The molecular formula is C18H16NO6S3-. The molecule has 28 heavy (non-hydrogen) atoms.